The van der Waals surface area contributed by atoms with Crippen LogP contribution >= 0.6 is 22.6 Å². The monoisotopic (exact) mass is 306 g/mol. The fourth-order valence-electron chi connectivity index (χ4n) is 0.879. The summed E-state index contributed by atoms with van der Waals surface area (Å²) in [5.74, 6) is -0.211. The third-order valence-corrected chi connectivity index (χ3v) is 2.12. The number of aliphatic hydroxyl groups is 1. The van der Waals surface area contributed by atoms with Crippen molar-refractivity contribution in [1.82, 2.24) is 10.3 Å². The van der Waals surface area contributed by atoms with E-state index in [0.717, 1.165) is 3.57 Å². The first-order valence-corrected chi connectivity index (χ1v) is 5.24. The van der Waals surface area contributed by atoms with Crippen LogP contribution in [0.25, 0.3) is 0 Å². The molecule has 76 valence electrons. The van der Waals surface area contributed by atoms with E-state index in [1.807, 2.05) is 0 Å². The van der Waals surface area contributed by atoms with E-state index in [1.54, 1.807) is 19.2 Å². The number of hydrogen-bond donors (Lipinski definition) is 2. The van der Waals surface area contributed by atoms with Gasteiger partial charge in [-0.1, -0.05) is 0 Å². The minimum Gasteiger partial charge on any atom is -0.392 e. The summed E-state index contributed by atoms with van der Waals surface area (Å²) in [7, 11) is 0. The van der Waals surface area contributed by atoms with E-state index in [9.17, 15) is 4.79 Å². The first-order valence-electron chi connectivity index (χ1n) is 4.16. The number of rotatable bonds is 3. The van der Waals surface area contributed by atoms with Gasteiger partial charge in [-0.25, -0.2) is 0 Å². The van der Waals surface area contributed by atoms with Gasteiger partial charge in [0.15, 0.2) is 0 Å². The lowest BCUT2D eigenvalue weighted by Crippen LogP contribution is -2.30. The van der Waals surface area contributed by atoms with Gasteiger partial charge >= 0.3 is 0 Å². The van der Waals surface area contributed by atoms with Crippen LogP contribution in [0, 0.1) is 3.57 Å². The maximum atomic E-state index is 11.4. The van der Waals surface area contributed by atoms with Crippen LogP contribution in [0.5, 0.6) is 0 Å². The molecule has 0 saturated carbocycles. The second kappa shape index (κ2) is 5.26. The molecule has 5 heteroatoms. The number of aromatic nitrogens is 1. The van der Waals surface area contributed by atoms with Gasteiger partial charge in [0.1, 0.15) is 0 Å². The number of nitrogens with zero attached hydrogens (tertiary/aromatic N) is 1. The normalized spacial score (nSPS) is 12.2. The molecule has 0 spiro atoms. The molecule has 0 aliphatic heterocycles. The molecule has 1 rings (SSSR count). The van der Waals surface area contributed by atoms with Crippen molar-refractivity contribution in [2.24, 2.45) is 0 Å². The van der Waals surface area contributed by atoms with E-state index in [0.29, 0.717) is 5.56 Å². The summed E-state index contributed by atoms with van der Waals surface area (Å²) in [4.78, 5) is 15.3. The summed E-state index contributed by atoms with van der Waals surface area (Å²) in [5, 5.41) is 11.6. The summed E-state index contributed by atoms with van der Waals surface area (Å²) in [6.07, 6.45) is 2.64. The minimum absolute atomic E-state index is 0.211. The van der Waals surface area contributed by atoms with Crippen molar-refractivity contribution in [2.75, 3.05) is 6.54 Å². The highest BCUT2D eigenvalue weighted by Crippen LogP contribution is 2.04. The van der Waals surface area contributed by atoms with E-state index in [2.05, 4.69) is 32.9 Å². The molecule has 1 amide bonds. The largest absolute Gasteiger partial charge is 0.392 e. The number of aliphatic hydroxyl groups excluding tert-OH is 1. The summed E-state index contributed by atoms with van der Waals surface area (Å²) in [6, 6.07) is 1.74. The van der Waals surface area contributed by atoms with Crippen LogP contribution in [0.3, 0.4) is 0 Å². The van der Waals surface area contributed by atoms with Crippen molar-refractivity contribution in [3.8, 4) is 0 Å². The third kappa shape index (κ3) is 3.59. The van der Waals surface area contributed by atoms with Crippen molar-refractivity contribution in [1.29, 1.82) is 0 Å². The number of halogens is 1. The van der Waals surface area contributed by atoms with Crippen LogP contribution in [-0.4, -0.2) is 28.6 Å². The molecule has 1 aromatic heterocycles. The van der Waals surface area contributed by atoms with Crippen LogP contribution in [0.4, 0.5) is 0 Å². The van der Waals surface area contributed by atoms with Crippen molar-refractivity contribution < 1.29 is 9.90 Å². The molecule has 0 aliphatic carbocycles. The molecule has 1 atom stereocenters. The maximum Gasteiger partial charge on any atom is 0.252 e. The highest BCUT2D eigenvalue weighted by Gasteiger charge is 2.06. The molecule has 2 N–H and O–H groups in total. The lowest BCUT2D eigenvalue weighted by atomic mass is 10.2. The summed E-state index contributed by atoms with van der Waals surface area (Å²) >= 11 is 2.09. The number of hydrogen-bond acceptors (Lipinski definition) is 3. The number of nitrogens with one attached hydrogen (secondary N) is 1. The number of carbonyl (C=O) groups excluding carboxylic acids is 1. The van der Waals surface area contributed by atoms with Crippen molar-refractivity contribution in [3.63, 3.8) is 0 Å². The molecule has 0 saturated heterocycles. The van der Waals surface area contributed by atoms with Crippen LogP contribution in [-0.2, 0) is 0 Å². The summed E-state index contributed by atoms with van der Waals surface area (Å²) in [6.45, 7) is 1.87. The van der Waals surface area contributed by atoms with Crippen LogP contribution in [0.15, 0.2) is 18.5 Å². The van der Waals surface area contributed by atoms with E-state index in [4.69, 9.17) is 5.11 Å². The molecule has 14 heavy (non-hydrogen) atoms. The van der Waals surface area contributed by atoms with E-state index >= 15 is 0 Å². The molecule has 4 nitrogen and oxygen atoms in total. The molecule has 1 aromatic rings. The Balaban J connectivity index is 2.61. The second-order valence-electron chi connectivity index (χ2n) is 2.95. The van der Waals surface area contributed by atoms with E-state index in [1.165, 1.54) is 6.20 Å². The zero-order valence-corrected chi connectivity index (χ0v) is 9.85. The molecule has 1 heterocycles. The Hall–Kier alpha value is -0.690. The standard InChI is InChI=1S/C9H11IN2O2/c1-6(13)3-12-9(14)7-2-8(10)5-11-4-7/h2,4-6,13H,3H2,1H3,(H,12,14). The molecule has 0 fully saturated rings. The quantitative estimate of drug-likeness (QED) is 0.812. The highest BCUT2D eigenvalue weighted by atomic mass is 127. The number of amides is 1. The zero-order chi connectivity index (χ0) is 10.6. The minimum atomic E-state index is -0.533. The molecule has 0 radical (unpaired) electrons. The third-order valence-electron chi connectivity index (χ3n) is 1.53. The second-order valence-corrected chi connectivity index (χ2v) is 4.20. The Labute approximate surface area is 95.9 Å². The van der Waals surface area contributed by atoms with Crippen LogP contribution < -0.4 is 5.32 Å². The van der Waals surface area contributed by atoms with Gasteiger partial charge in [-0.3, -0.25) is 9.78 Å². The lowest BCUT2D eigenvalue weighted by molar-refractivity contribution is 0.0923. The fraction of sp³-hybridized carbons (Fsp3) is 0.333. The summed E-state index contributed by atoms with van der Waals surface area (Å²) in [5.41, 5.74) is 0.512. The Bertz CT molecular complexity index is 328. The van der Waals surface area contributed by atoms with Crippen molar-refractivity contribution in [3.05, 3.63) is 27.6 Å². The van der Waals surface area contributed by atoms with Gasteiger partial charge in [0.25, 0.3) is 5.91 Å². The first-order chi connectivity index (χ1) is 6.59. The van der Waals surface area contributed by atoms with Gasteiger partial charge < -0.3 is 10.4 Å². The fourth-order valence-corrected chi connectivity index (χ4v) is 1.37. The molecule has 0 aliphatic rings. The lowest BCUT2D eigenvalue weighted by Gasteiger charge is -2.06. The van der Waals surface area contributed by atoms with Crippen molar-refractivity contribution >= 4 is 28.5 Å². The first kappa shape index (κ1) is 11.4. The molecular weight excluding hydrogens is 295 g/mol. The predicted octanol–water partition coefficient (Wildman–Crippen LogP) is 0.797. The molecule has 0 bridgehead atoms. The average molecular weight is 306 g/mol. The van der Waals surface area contributed by atoms with Gasteiger partial charge in [-0.05, 0) is 35.6 Å². The Morgan fingerprint density at radius 2 is 2.43 bits per heavy atom. The number of carbonyl (C=O) groups is 1. The Morgan fingerprint density at radius 1 is 1.71 bits per heavy atom. The number of pyridine rings is 1. The van der Waals surface area contributed by atoms with Gasteiger partial charge in [-0.15, -0.1) is 0 Å². The molecule has 1 unspecified atom stereocenters. The van der Waals surface area contributed by atoms with Crippen LogP contribution in [0.1, 0.15) is 17.3 Å². The predicted molar refractivity (Wildman–Crippen MR) is 61.0 cm³/mol. The van der Waals surface area contributed by atoms with Gasteiger partial charge in [0.05, 0.1) is 11.7 Å². The van der Waals surface area contributed by atoms with E-state index in [-0.39, 0.29) is 12.5 Å². The smallest absolute Gasteiger partial charge is 0.252 e. The highest BCUT2D eigenvalue weighted by molar-refractivity contribution is 14.1. The van der Waals surface area contributed by atoms with Gasteiger partial charge in [0.2, 0.25) is 0 Å². The Morgan fingerprint density at radius 3 is 3.00 bits per heavy atom. The maximum absolute atomic E-state index is 11.4. The van der Waals surface area contributed by atoms with Crippen LogP contribution in [0.2, 0.25) is 0 Å². The molecular formula is C9H11IN2O2. The van der Waals surface area contributed by atoms with Crippen molar-refractivity contribution in [2.45, 2.75) is 13.0 Å². The SMILES string of the molecule is CC(O)CNC(=O)c1cncc(I)c1. The van der Waals surface area contributed by atoms with Gasteiger partial charge in [0, 0.05) is 22.5 Å². The summed E-state index contributed by atoms with van der Waals surface area (Å²) < 4.78 is 0.910. The zero-order valence-electron chi connectivity index (χ0n) is 7.70. The van der Waals surface area contributed by atoms with Gasteiger partial charge in [-0.2, -0.15) is 0 Å². The molecule has 0 aromatic carbocycles. The average Bonchev–Trinajstić information content (AvgIpc) is 2.14. The van der Waals surface area contributed by atoms with E-state index < -0.39 is 6.10 Å². The topological polar surface area (TPSA) is 62.2 Å². The Kier molecular flexibility index (Phi) is 4.27.